The molecule has 7 heteroatoms. The number of aromatic nitrogens is 2. The van der Waals surface area contributed by atoms with Gasteiger partial charge in [-0.3, -0.25) is 19.4 Å². The molecule has 2 atom stereocenters. The Morgan fingerprint density at radius 3 is 2.77 bits per heavy atom. The number of carbonyl (C=O) groups is 2. The van der Waals surface area contributed by atoms with Crippen LogP contribution in [0.3, 0.4) is 0 Å². The van der Waals surface area contributed by atoms with Crippen molar-refractivity contribution >= 4 is 17.5 Å². The van der Waals surface area contributed by atoms with E-state index in [1.54, 1.807) is 48.7 Å². The number of anilines is 1. The molecule has 1 aromatic carbocycles. The van der Waals surface area contributed by atoms with E-state index >= 15 is 0 Å². The van der Waals surface area contributed by atoms with Gasteiger partial charge in [-0.15, -0.1) is 0 Å². The molecule has 1 fully saturated rings. The first-order valence-corrected chi connectivity index (χ1v) is 9.81. The molecule has 0 bridgehead atoms. The minimum absolute atomic E-state index is 0.0950. The van der Waals surface area contributed by atoms with E-state index in [0.717, 1.165) is 16.8 Å². The average molecular weight is 400 g/mol. The number of hydrogen-bond acceptors (Lipinski definition) is 4. The van der Waals surface area contributed by atoms with Crippen LogP contribution in [0.4, 0.5) is 5.69 Å². The lowest BCUT2D eigenvalue weighted by atomic mass is 9.73. The van der Waals surface area contributed by atoms with Crippen molar-refractivity contribution in [3.63, 3.8) is 0 Å². The van der Waals surface area contributed by atoms with Crippen molar-refractivity contribution in [1.29, 1.82) is 0 Å². The van der Waals surface area contributed by atoms with Crippen molar-refractivity contribution < 1.29 is 9.59 Å². The van der Waals surface area contributed by atoms with Crippen LogP contribution in [0.2, 0.25) is 0 Å². The molecule has 5 rings (SSSR count). The predicted octanol–water partition coefficient (Wildman–Crippen LogP) is 2.26. The normalized spacial score (nSPS) is 22.2. The number of nitrogens with one attached hydrogen (secondary N) is 1. The van der Waals surface area contributed by atoms with Gasteiger partial charge in [-0.2, -0.15) is 0 Å². The largest absolute Gasteiger partial charge is 0.330 e. The van der Waals surface area contributed by atoms with Gasteiger partial charge in [0.25, 0.3) is 11.5 Å². The summed E-state index contributed by atoms with van der Waals surface area (Å²) < 4.78 is 1.38. The monoisotopic (exact) mass is 400 g/mol. The van der Waals surface area contributed by atoms with E-state index in [4.69, 9.17) is 0 Å². The molecule has 1 N–H and O–H groups in total. The number of carbonyl (C=O) groups excluding carboxylic acids is 2. The zero-order valence-electron chi connectivity index (χ0n) is 16.4. The predicted molar refractivity (Wildman–Crippen MR) is 111 cm³/mol. The second-order valence-electron chi connectivity index (χ2n) is 7.75. The third kappa shape index (κ3) is 2.45. The van der Waals surface area contributed by atoms with Crippen molar-refractivity contribution in [2.45, 2.75) is 17.9 Å². The molecule has 2 unspecified atom stereocenters. The smallest absolute Gasteiger partial charge is 0.263 e. The summed E-state index contributed by atoms with van der Waals surface area (Å²) in [5.74, 6) is -0.507. The number of benzene rings is 1. The van der Waals surface area contributed by atoms with Crippen molar-refractivity contribution in [3.8, 4) is 0 Å². The van der Waals surface area contributed by atoms with E-state index in [0.29, 0.717) is 13.0 Å². The topological polar surface area (TPSA) is 84.3 Å². The minimum atomic E-state index is -0.921. The van der Waals surface area contributed by atoms with Gasteiger partial charge in [0.05, 0.1) is 6.04 Å². The number of amides is 2. The summed E-state index contributed by atoms with van der Waals surface area (Å²) in [4.78, 5) is 45.3. The molecule has 0 radical (unpaired) electrons. The van der Waals surface area contributed by atoms with Gasteiger partial charge in [-0.25, -0.2) is 0 Å². The summed E-state index contributed by atoms with van der Waals surface area (Å²) in [5, 5.41) is 2.99. The lowest BCUT2D eigenvalue weighted by molar-refractivity contribution is -0.121. The Balaban J connectivity index is 1.69. The van der Waals surface area contributed by atoms with Crippen LogP contribution in [-0.4, -0.2) is 32.8 Å². The van der Waals surface area contributed by atoms with Crippen LogP contribution in [0.15, 0.2) is 71.9 Å². The molecule has 2 amide bonds. The van der Waals surface area contributed by atoms with Crippen LogP contribution in [0.25, 0.3) is 0 Å². The van der Waals surface area contributed by atoms with Crippen molar-refractivity contribution in [1.82, 2.24) is 14.5 Å². The lowest BCUT2D eigenvalue weighted by Gasteiger charge is -2.34. The zero-order valence-corrected chi connectivity index (χ0v) is 16.4. The summed E-state index contributed by atoms with van der Waals surface area (Å²) in [7, 11) is 1.61. The summed E-state index contributed by atoms with van der Waals surface area (Å²) in [6.45, 7) is 0.359. The number of para-hydroxylation sites is 1. The maximum absolute atomic E-state index is 13.5. The number of rotatable bonds is 2. The second kappa shape index (κ2) is 6.66. The average Bonchev–Trinajstić information content (AvgIpc) is 3.30. The van der Waals surface area contributed by atoms with Crippen LogP contribution in [0.1, 0.15) is 33.9 Å². The standard InChI is InChI=1S/C23H20N4O3/c1-26-12-5-7-16(20(26)28)21(29)27-13-10-23(19(27)15-6-4-11-24-14-15)17-8-2-3-9-18(17)25-22(23)30/h2-9,11-12,14,19H,10,13H2,1H3,(H,25,30). The second-order valence-corrected chi connectivity index (χ2v) is 7.75. The van der Waals surface area contributed by atoms with Gasteiger partial charge in [-0.05, 0) is 41.8 Å². The summed E-state index contributed by atoms with van der Waals surface area (Å²) >= 11 is 0. The first-order chi connectivity index (χ1) is 14.5. The highest BCUT2D eigenvalue weighted by Gasteiger charge is 2.59. The van der Waals surface area contributed by atoms with Gasteiger partial charge in [0, 0.05) is 37.9 Å². The third-order valence-electron chi connectivity index (χ3n) is 6.20. The molecule has 2 aromatic heterocycles. The van der Waals surface area contributed by atoms with Crippen LogP contribution < -0.4 is 10.9 Å². The van der Waals surface area contributed by atoms with Gasteiger partial charge in [0.1, 0.15) is 11.0 Å². The van der Waals surface area contributed by atoms with E-state index in [1.807, 2.05) is 30.3 Å². The lowest BCUT2D eigenvalue weighted by Crippen LogP contribution is -2.43. The molecule has 0 saturated carbocycles. The molecule has 0 aliphatic carbocycles. The Morgan fingerprint density at radius 2 is 1.97 bits per heavy atom. The van der Waals surface area contributed by atoms with E-state index in [1.165, 1.54) is 4.57 Å². The fraction of sp³-hybridized carbons (Fsp3) is 0.217. The first-order valence-electron chi connectivity index (χ1n) is 9.81. The number of aryl methyl sites for hydroxylation is 1. The maximum Gasteiger partial charge on any atom is 0.263 e. The number of pyridine rings is 2. The molecule has 30 heavy (non-hydrogen) atoms. The summed E-state index contributed by atoms with van der Waals surface area (Å²) in [6.07, 6.45) is 5.43. The Bertz CT molecular complexity index is 1220. The number of fused-ring (bicyclic) bond motifs is 2. The maximum atomic E-state index is 13.5. The van der Waals surface area contributed by atoms with Gasteiger partial charge >= 0.3 is 0 Å². The van der Waals surface area contributed by atoms with E-state index in [9.17, 15) is 14.4 Å². The highest BCUT2D eigenvalue weighted by molar-refractivity contribution is 6.08. The van der Waals surface area contributed by atoms with Gasteiger partial charge in [0.2, 0.25) is 5.91 Å². The molecule has 1 spiro atoms. The Hall–Kier alpha value is -3.74. The molecule has 150 valence electrons. The van der Waals surface area contributed by atoms with Crippen molar-refractivity contribution in [2.24, 2.45) is 7.05 Å². The number of nitrogens with zero attached hydrogens (tertiary/aromatic N) is 3. The SMILES string of the molecule is Cn1cccc(C(=O)N2CCC3(C(=O)Nc4ccccc43)C2c2cccnc2)c1=O. The van der Waals surface area contributed by atoms with Crippen molar-refractivity contribution in [3.05, 3.63) is 94.2 Å². The van der Waals surface area contributed by atoms with Crippen LogP contribution in [0, 0.1) is 0 Å². The zero-order chi connectivity index (χ0) is 20.9. The Morgan fingerprint density at radius 1 is 1.13 bits per heavy atom. The highest BCUT2D eigenvalue weighted by atomic mass is 16.2. The number of likely N-dealkylation sites (tertiary alicyclic amines) is 1. The summed E-state index contributed by atoms with van der Waals surface area (Å²) in [5.41, 5.74) is 1.22. The van der Waals surface area contributed by atoms with Gasteiger partial charge < -0.3 is 14.8 Å². The van der Waals surface area contributed by atoms with Crippen LogP contribution in [-0.2, 0) is 17.3 Å². The molecule has 4 heterocycles. The van der Waals surface area contributed by atoms with Crippen molar-refractivity contribution in [2.75, 3.05) is 11.9 Å². The minimum Gasteiger partial charge on any atom is -0.330 e. The molecule has 2 aliphatic heterocycles. The molecule has 1 saturated heterocycles. The molecular formula is C23H20N4O3. The van der Waals surface area contributed by atoms with E-state index in [2.05, 4.69) is 10.3 Å². The highest BCUT2D eigenvalue weighted by Crippen LogP contribution is 2.54. The fourth-order valence-electron chi connectivity index (χ4n) is 4.82. The fourth-order valence-corrected chi connectivity index (χ4v) is 4.82. The van der Waals surface area contributed by atoms with Gasteiger partial charge in [-0.1, -0.05) is 24.3 Å². The molecule has 2 aliphatic rings. The number of hydrogen-bond donors (Lipinski definition) is 1. The quantitative estimate of drug-likeness (QED) is 0.715. The Kier molecular flexibility index (Phi) is 4.06. The van der Waals surface area contributed by atoms with Crippen LogP contribution in [0.5, 0.6) is 0 Å². The summed E-state index contributed by atoms with van der Waals surface area (Å²) in [6, 6.07) is 13.9. The van der Waals surface area contributed by atoms with E-state index < -0.39 is 11.5 Å². The first kappa shape index (κ1) is 18.3. The van der Waals surface area contributed by atoms with Crippen LogP contribution >= 0.6 is 0 Å². The van der Waals surface area contributed by atoms with Gasteiger partial charge in [0.15, 0.2) is 0 Å². The third-order valence-corrected chi connectivity index (χ3v) is 6.20. The van der Waals surface area contributed by atoms with E-state index in [-0.39, 0.29) is 22.9 Å². The Labute approximate surface area is 173 Å². The molecule has 3 aromatic rings. The molecular weight excluding hydrogens is 380 g/mol. The molecule has 7 nitrogen and oxygen atoms in total.